The van der Waals surface area contributed by atoms with Crippen LogP contribution in [0, 0.1) is 12.7 Å². The van der Waals surface area contributed by atoms with Crippen molar-refractivity contribution in [3.05, 3.63) is 90.2 Å². The second-order valence-electron chi connectivity index (χ2n) is 6.63. The van der Waals surface area contributed by atoms with E-state index < -0.39 is 0 Å². The van der Waals surface area contributed by atoms with Gasteiger partial charge in [0.05, 0.1) is 11.4 Å². The molecule has 0 saturated heterocycles. The summed E-state index contributed by atoms with van der Waals surface area (Å²) in [5, 5.41) is 7.83. The smallest absolute Gasteiger partial charge is 0.234 e. The van der Waals surface area contributed by atoms with Gasteiger partial charge in [0.25, 0.3) is 0 Å². The number of aryl methyl sites for hydroxylation is 1. The third-order valence-corrected chi connectivity index (χ3v) is 5.26. The maximum Gasteiger partial charge on any atom is 0.234 e. The quantitative estimate of drug-likeness (QED) is 0.442. The van der Waals surface area contributed by atoms with Crippen LogP contribution in [0.4, 0.5) is 10.1 Å². The zero-order chi connectivity index (χ0) is 20.9. The fraction of sp³-hybridized carbons (Fsp3) is 0.0870. The van der Waals surface area contributed by atoms with Crippen molar-refractivity contribution in [2.75, 3.05) is 11.1 Å². The van der Waals surface area contributed by atoms with Crippen molar-refractivity contribution in [1.29, 1.82) is 0 Å². The SMILES string of the molecule is Cc1ccc(F)cc1NC(=O)CSc1nc(-c2ccccc2)n(-c2ccccc2)n1. The van der Waals surface area contributed by atoms with Crippen molar-refractivity contribution in [2.24, 2.45) is 0 Å². The summed E-state index contributed by atoms with van der Waals surface area (Å²) in [7, 11) is 0. The highest BCUT2D eigenvalue weighted by Crippen LogP contribution is 2.25. The summed E-state index contributed by atoms with van der Waals surface area (Å²) >= 11 is 1.23. The van der Waals surface area contributed by atoms with Crippen LogP contribution in [0.3, 0.4) is 0 Å². The first-order valence-electron chi connectivity index (χ1n) is 9.37. The van der Waals surface area contributed by atoms with Crippen molar-refractivity contribution < 1.29 is 9.18 Å². The number of nitrogens with zero attached hydrogens (tertiary/aromatic N) is 3. The van der Waals surface area contributed by atoms with Crippen LogP contribution in [-0.2, 0) is 4.79 Å². The lowest BCUT2D eigenvalue weighted by Crippen LogP contribution is -2.15. The van der Waals surface area contributed by atoms with E-state index in [4.69, 9.17) is 0 Å². The average molecular weight is 418 g/mol. The van der Waals surface area contributed by atoms with Gasteiger partial charge in [-0.05, 0) is 36.8 Å². The third-order valence-electron chi connectivity index (χ3n) is 4.43. The van der Waals surface area contributed by atoms with Gasteiger partial charge in [0, 0.05) is 11.3 Å². The van der Waals surface area contributed by atoms with Gasteiger partial charge in [0.15, 0.2) is 5.82 Å². The Kier molecular flexibility index (Phi) is 5.90. The maximum atomic E-state index is 13.4. The highest BCUT2D eigenvalue weighted by atomic mass is 32.2. The number of rotatable bonds is 6. The molecule has 3 aromatic carbocycles. The number of halogens is 1. The predicted molar refractivity (Wildman–Crippen MR) is 117 cm³/mol. The Morgan fingerprint density at radius 3 is 2.47 bits per heavy atom. The molecule has 4 rings (SSSR count). The summed E-state index contributed by atoms with van der Waals surface area (Å²) in [5.41, 5.74) is 3.08. The number of aromatic nitrogens is 3. The third kappa shape index (κ3) is 4.58. The van der Waals surface area contributed by atoms with Gasteiger partial charge in [-0.2, -0.15) is 0 Å². The molecular formula is C23H19FN4OS. The molecule has 0 aliphatic carbocycles. The highest BCUT2D eigenvalue weighted by molar-refractivity contribution is 7.99. The molecule has 0 fully saturated rings. The highest BCUT2D eigenvalue weighted by Gasteiger charge is 2.15. The van der Waals surface area contributed by atoms with E-state index in [0.29, 0.717) is 16.7 Å². The van der Waals surface area contributed by atoms with Crippen molar-refractivity contribution in [3.8, 4) is 17.1 Å². The molecule has 1 aromatic heterocycles. The summed E-state index contributed by atoms with van der Waals surface area (Å²) in [6.07, 6.45) is 0. The van der Waals surface area contributed by atoms with Gasteiger partial charge < -0.3 is 5.32 Å². The van der Waals surface area contributed by atoms with Crippen LogP contribution in [0.5, 0.6) is 0 Å². The van der Waals surface area contributed by atoms with E-state index in [0.717, 1.165) is 16.8 Å². The van der Waals surface area contributed by atoms with Gasteiger partial charge in [0.1, 0.15) is 5.82 Å². The fourth-order valence-electron chi connectivity index (χ4n) is 2.92. The minimum atomic E-state index is -0.390. The molecule has 0 saturated carbocycles. The number of anilines is 1. The molecule has 4 aromatic rings. The van der Waals surface area contributed by atoms with Gasteiger partial charge >= 0.3 is 0 Å². The van der Waals surface area contributed by atoms with Crippen LogP contribution in [0.15, 0.2) is 84.0 Å². The minimum absolute atomic E-state index is 0.114. The second-order valence-corrected chi connectivity index (χ2v) is 7.57. The van der Waals surface area contributed by atoms with Crippen LogP contribution in [0.25, 0.3) is 17.1 Å². The number of carbonyl (C=O) groups excluding carboxylic acids is 1. The summed E-state index contributed by atoms with van der Waals surface area (Å²) in [4.78, 5) is 17.0. The lowest BCUT2D eigenvalue weighted by Gasteiger charge is -2.07. The van der Waals surface area contributed by atoms with Crippen LogP contribution >= 0.6 is 11.8 Å². The molecule has 0 aliphatic heterocycles. The van der Waals surface area contributed by atoms with E-state index >= 15 is 0 Å². The first-order chi connectivity index (χ1) is 14.6. The molecule has 0 radical (unpaired) electrons. The zero-order valence-corrected chi connectivity index (χ0v) is 17.1. The molecule has 5 nitrogen and oxygen atoms in total. The summed E-state index contributed by atoms with van der Waals surface area (Å²) < 4.78 is 15.2. The molecule has 1 heterocycles. The molecule has 1 N–H and O–H groups in total. The molecule has 0 spiro atoms. The molecule has 7 heteroatoms. The van der Waals surface area contributed by atoms with E-state index in [2.05, 4.69) is 15.4 Å². The summed E-state index contributed by atoms with van der Waals surface area (Å²) in [6, 6.07) is 23.8. The first kappa shape index (κ1) is 19.8. The molecule has 0 bridgehead atoms. The number of nitrogens with one attached hydrogen (secondary N) is 1. The number of thioether (sulfide) groups is 1. The largest absolute Gasteiger partial charge is 0.325 e. The molecular weight excluding hydrogens is 399 g/mol. The number of carbonyl (C=O) groups is 1. The fourth-order valence-corrected chi connectivity index (χ4v) is 3.55. The lowest BCUT2D eigenvalue weighted by atomic mass is 10.2. The van der Waals surface area contributed by atoms with Gasteiger partial charge in [-0.1, -0.05) is 66.4 Å². The topological polar surface area (TPSA) is 59.8 Å². The molecule has 0 aliphatic rings. The lowest BCUT2D eigenvalue weighted by molar-refractivity contribution is -0.113. The Balaban J connectivity index is 1.54. The number of amides is 1. The minimum Gasteiger partial charge on any atom is -0.325 e. The van der Waals surface area contributed by atoms with E-state index in [1.807, 2.05) is 67.6 Å². The van der Waals surface area contributed by atoms with Gasteiger partial charge in [-0.15, -0.1) is 5.10 Å². The molecule has 30 heavy (non-hydrogen) atoms. The van der Waals surface area contributed by atoms with E-state index in [1.165, 1.54) is 23.9 Å². The Morgan fingerprint density at radius 2 is 1.73 bits per heavy atom. The Morgan fingerprint density at radius 1 is 1.03 bits per heavy atom. The van der Waals surface area contributed by atoms with E-state index in [-0.39, 0.29) is 17.5 Å². The Labute approximate surface area is 178 Å². The van der Waals surface area contributed by atoms with Crippen LogP contribution < -0.4 is 5.32 Å². The van der Waals surface area contributed by atoms with E-state index in [9.17, 15) is 9.18 Å². The normalized spacial score (nSPS) is 10.7. The molecule has 1 amide bonds. The first-order valence-corrected chi connectivity index (χ1v) is 10.4. The van der Waals surface area contributed by atoms with E-state index in [1.54, 1.807) is 10.7 Å². The molecule has 0 unspecified atom stereocenters. The number of hydrogen-bond acceptors (Lipinski definition) is 4. The summed E-state index contributed by atoms with van der Waals surface area (Å²) in [6.45, 7) is 1.82. The maximum absolute atomic E-state index is 13.4. The standard InChI is InChI=1S/C23H19FN4OS/c1-16-12-13-18(24)14-20(16)25-21(29)15-30-23-26-22(17-8-4-2-5-9-17)28(27-23)19-10-6-3-7-11-19/h2-14H,15H2,1H3,(H,25,29). The second kappa shape index (κ2) is 8.92. The number of hydrogen-bond donors (Lipinski definition) is 1. The predicted octanol–water partition coefficient (Wildman–Crippen LogP) is 5.11. The number of para-hydroxylation sites is 1. The van der Waals surface area contributed by atoms with Gasteiger partial charge in [0.2, 0.25) is 11.1 Å². The van der Waals surface area contributed by atoms with Crippen LogP contribution in [0.1, 0.15) is 5.56 Å². The van der Waals surface area contributed by atoms with Gasteiger partial charge in [-0.3, -0.25) is 4.79 Å². The van der Waals surface area contributed by atoms with Crippen LogP contribution in [0.2, 0.25) is 0 Å². The number of benzene rings is 3. The average Bonchev–Trinajstić information content (AvgIpc) is 3.20. The monoisotopic (exact) mass is 418 g/mol. The van der Waals surface area contributed by atoms with Crippen LogP contribution in [-0.4, -0.2) is 26.4 Å². The van der Waals surface area contributed by atoms with Crippen molar-refractivity contribution in [2.45, 2.75) is 12.1 Å². The van der Waals surface area contributed by atoms with Gasteiger partial charge in [-0.25, -0.2) is 14.1 Å². The van der Waals surface area contributed by atoms with Crippen molar-refractivity contribution >= 4 is 23.4 Å². The van der Waals surface area contributed by atoms with Crippen molar-refractivity contribution in [3.63, 3.8) is 0 Å². The Hall–Kier alpha value is -3.45. The van der Waals surface area contributed by atoms with Crippen molar-refractivity contribution in [1.82, 2.24) is 14.8 Å². The zero-order valence-electron chi connectivity index (χ0n) is 16.2. The molecule has 0 atom stereocenters. The molecule has 150 valence electrons. The Bertz CT molecular complexity index is 1110. The summed E-state index contributed by atoms with van der Waals surface area (Å²) in [5.74, 6) is 0.180.